The number of hydrogen-bond acceptors (Lipinski definition) is 4. The molecule has 0 radical (unpaired) electrons. The Hall–Kier alpha value is -1.21. The molecule has 0 aliphatic carbocycles. The van der Waals surface area contributed by atoms with Crippen molar-refractivity contribution < 1.29 is 13.2 Å². The van der Waals surface area contributed by atoms with Crippen molar-refractivity contribution in [1.29, 1.82) is 0 Å². The van der Waals surface area contributed by atoms with Crippen molar-refractivity contribution in [3.63, 3.8) is 0 Å². The van der Waals surface area contributed by atoms with E-state index < -0.39 is 10.0 Å². The molecule has 7 heteroatoms. The van der Waals surface area contributed by atoms with Crippen molar-refractivity contribution >= 4 is 15.8 Å². The summed E-state index contributed by atoms with van der Waals surface area (Å²) >= 11 is 0. The number of carbonyl (C=O) groups excluding carboxylic acids is 1. The lowest BCUT2D eigenvalue weighted by Crippen LogP contribution is -2.41. The first-order valence-corrected chi connectivity index (χ1v) is 8.77. The Kier molecular flexibility index (Phi) is 4.83. The van der Waals surface area contributed by atoms with E-state index in [2.05, 4.69) is 4.98 Å². The quantitative estimate of drug-likeness (QED) is 0.847. The lowest BCUT2D eigenvalue weighted by molar-refractivity contribution is -0.117. The van der Waals surface area contributed by atoms with Crippen LogP contribution in [0.3, 0.4) is 0 Å². The molecule has 1 unspecified atom stereocenters. The maximum absolute atomic E-state index is 12.8. The molecule has 2 heterocycles. The standard InChI is InChI=1S/C14H23N3O3S/c1-11(18)9-13-7-5-4-6-8-17(13)21(19,20)14-10-16(3)12(2)15-14/h10,13H,4-9H2,1-3H3. The van der Waals surface area contributed by atoms with E-state index in [1.165, 1.54) is 11.2 Å². The van der Waals surface area contributed by atoms with Crippen LogP contribution in [-0.4, -0.2) is 40.6 Å². The topological polar surface area (TPSA) is 72.3 Å². The maximum Gasteiger partial charge on any atom is 0.262 e. The van der Waals surface area contributed by atoms with Crippen LogP contribution < -0.4 is 0 Å². The minimum Gasteiger partial charge on any atom is -0.337 e. The van der Waals surface area contributed by atoms with E-state index in [4.69, 9.17) is 0 Å². The van der Waals surface area contributed by atoms with Crippen molar-refractivity contribution in [2.24, 2.45) is 7.05 Å². The second kappa shape index (κ2) is 6.27. The van der Waals surface area contributed by atoms with E-state index in [1.54, 1.807) is 24.7 Å². The Morgan fingerprint density at radius 3 is 2.67 bits per heavy atom. The summed E-state index contributed by atoms with van der Waals surface area (Å²) in [6.45, 7) is 3.75. The minimum atomic E-state index is -3.63. The van der Waals surface area contributed by atoms with Gasteiger partial charge in [-0.25, -0.2) is 13.4 Å². The molecule has 0 N–H and O–H groups in total. The molecule has 21 heavy (non-hydrogen) atoms. The summed E-state index contributed by atoms with van der Waals surface area (Å²) in [6, 6.07) is -0.239. The minimum absolute atomic E-state index is 0.0271. The van der Waals surface area contributed by atoms with Crippen LogP contribution in [0.5, 0.6) is 0 Å². The first-order valence-electron chi connectivity index (χ1n) is 7.33. The Morgan fingerprint density at radius 2 is 2.10 bits per heavy atom. The third kappa shape index (κ3) is 3.52. The second-order valence-corrected chi connectivity index (χ2v) is 7.60. The van der Waals surface area contributed by atoms with Gasteiger partial charge in [-0.15, -0.1) is 0 Å². The van der Waals surface area contributed by atoms with Crippen LogP contribution in [-0.2, 0) is 21.9 Å². The lowest BCUT2D eigenvalue weighted by Gasteiger charge is -2.27. The molecule has 6 nitrogen and oxygen atoms in total. The molecule has 1 aromatic rings. The zero-order valence-corrected chi connectivity index (χ0v) is 13.7. The molecule has 0 bridgehead atoms. The normalized spacial score (nSPS) is 21.2. The number of rotatable bonds is 4. The molecule has 1 saturated heterocycles. The van der Waals surface area contributed by atoms with Gasteiger partial charge in [-0.1, -0.05) is 12.8 Å². The number of nitrogens with zero attached hydrogens (tertiary/aromatic N) is 3. The summed E-state index contributed by atoms with van der Waals surface area (Å²) in [6.07, 6.45) is 5.36. The van der Waals surface area contributed by atoms with Crippen molar-refractivity contribution in [2.75, 3.05) is 6.54 Å². The number of aryl methyl sites for hydroxylation is 2. The molecular formula is C14H23N3O3S. The van der Waals surface area contributed by atoms with Gasteiger partial charge in [-0.3, -0.25) is 4.79 Å². The molecule has 0 spiro atoms. The van der Waals surface area contributed by atoms with Crippen LogP contribution in [0, 0.1) is 6.92 Å². The van der Waals surface area contributed by atoms with Gasteiger partial charge in [0.15, 0.2) is 5.03 Å². The van der Waals surface area contributed by atoms with E-state index in [1.807, 2.05) is 0 Å². The SMILES string of the molecule is CC(=O)CC1CCCCCN1S(=O)(=O)c1cn(C)c(C)n1. The van der Waals surface area contributed by atoms with E-state index in [-0.39, 0.29) is 23.3 Å². The molecule has 1 fully saturated rings. The fraction of sp³-hybridized carbons (Fsp3) is 0.714. The van der Waals surface area contributed by atoms with Crippen molar-refractivity contribution in [2.45, 2.75) is 57.0 Å². The predicted octanol–water partition coefficient (Wildman–Crippen LogP) is 1.64. The third-order valence-electron chi connectivity index (χ3n) is 4.01. The molecule has 1 atom stereocenters. The molecule has 2 rings (SSSR count). The summed E-state index contributed by atoms with van der Waals surface area (Å²) in [7, 11) is -1.86. The van der Waals surface area contributed by atoms with Crippen molar-refractivity contribution in [3.05, 3.63) is 12.0 Å². The number of Topliss-reactive ketones (excluding diaryl/α,β-unsaturated/α-hetero) is 1. The first kappa shape index (κ1) is 16.2. The smallest absolute Gasteiger partial charge is 0.262 e. The van der Waals surface area contributed by atoms with Crippen LogP contribution in [0.4, 0.5) is 0 Å². The highest BCUT2D eigenvalue weighted by molar-refractivity contribution is 7.89. The Bertz CT molecular complexity index is 602. The number of sulfonamides is 1. The first-order chi connectivity index (χ1) is 9.82. The summed E-state index contributed by atoms with van der Waals surface area (Å²) < 4.78 is 28.9. The third-order valence-corrected chi connectivity index (χ3v) is 5.83. The highest BCUT2D eigenvalue weighted by Gasteiger charge is 2.34. The van der Waals surface area contributed by atoms with Crippen LogP contribution in [0.25, 0.3) is 0 Å². The van der Waals surface area contributed by atoms with E-state index in [0.29, 0.717) is 12.4 Å². The average molecular weight is 313 g/mol. The monoisotopic (exact) mass is 313 g/mol. The Morgan fingerprint density at radius 1 is 1.38 bits per heavy atom. The largest absolute Gasteiger partial charge is 0.337 e. The van der Waals surface area contributed by atoms with Crippen LogP contribution in [0.2, 0.25) is 0 Å². The van der Waals surface area contributed by atoms with Crippen molar-refractivity contribution in [3.8, 4) is 0 Å². The summed E-state index contributed by atoms with van der Waals surface area (Å²) in [5.74, 6) is 0.686. The van der Waals surface area contributed by atoms with Gasteiger partial charge in [0, 0.05) is 32.3 Å². The van der Waals surface area contributed by atoms with Gasteiger partial charge in [0.25, 0.3) is 10.0 Å². The summed E-state index contributed by atoms with van der Waals surface area (Å²) in [5, 5.41) is 0.0814. The number of ketones is 1. The van der Waals surface area contributed by atoms with Gasteiger partial charge < -0.3 is 4.57 Å². The van der Waals surface area contributed by atoms with Gasteiger partial charge in [-0.05, 0) is 26.7 Å². The van der Waals surface area contributed by atoms with E-state index >= 15 is 0 Å². The second-order valence-electron chi connectivity index (χ2n) is 5.76. The molecule has 1 aromatic heterocycles. The van der Waals surface area contributed by atoms with Crippen LogP contribution >= 0.6 is 0 Å². The zero-order valence-electron chi connectivity index (χ0n) is 12.9. The molecule has 1 aliphatic heterocycles. The number of hydrogen-bond donors (Lipinski definition) is 0. The fourth-order valence-corrected chi connectivity index (χ4v) is 4.49. The van der Waals surface area contributed by atoms with Gasteiger partial charge in [0.1, 0.15) is 11.6 Å². The maximum atomic E-state index is 12.8. The van der Waals surface area contributed by atoms with Gasteiger partial charge in [0.2, 0.25) is 0 Å². The zero-order chi connectivity index (χ0) is 15.6. The molecule has 118 valence electrons. The number of aromatic nitrogens is 2. The summed E-state index contributed by atoms with van der Waals surface area (Å²) in [5.41, 5.74) is 0. The average Bonchev–Trinajstić information content (AvgIpc) is 2.61. The number of imidazole rings is 1. The number of carbonyl (C=O) groups is 1. The van der Waals surface area contributed by atoms with Gasteiger partial charge in [-0.2, -0.15) is 4.31 Å². The molecule has 0 saturated carbocycles. The highest BCUT2D eigenvalue weighted by atomic mass is 32.2. The van der Waals surface area contributed by atoms with E-state index in [0.717, 1.165) is 25.7 Å². The van der Waals surface area contributed by atoms with Crippen LogP contribution in [0.1, 0.15) is 44.9 Å². The van der Waals surface area contributed by atoms with Crippen molar-refractivity contribution in [1.82, 2.24) is 13.9 Å². The van der Waals surface area contributed by atoms with Gasteiger partial charge in [0.05, 0.1) is 0 Å². The lowest BCUT2D eigenvalue weighted by atomic mass is 10.1. The Balaban J connectivity index is 2.35. The fourth-order valence-electron chi connectivity index (χ4n) is 2.77. The van der Waals surface area contributed by atoms with Crippen LogP contribution in [0.15, 0.2) is 11.2 Å². The molecule has 0 aromatic carbocycles. The summed E-state index contributed by atoms with van der Waals surface area (Å²) in [4.78, 5) is 15.6. The molecule has 1 aliphatic rings. The van der Waals surface area contributed by atoms with E-state index in [9.17, 15) is 13.2 Å². The predicted molar refractivity (Wildman–Crippen MR) is 79.4 cm³/mol. The Labute approximate surface area is 126 Å². The van der Waals surface area contributed by atoms with Gasteiger partial charge >= 0.3 is 0 Å². The molecular weight excluding hydrogens is 290 g/mol. The highest BCUT2D eigenvalue weighted by Crippen LogP contribution is 2.26. The molecule has 0 amide bonds.